The highest BCUT2D eigenvalue weighted by Crippen LogP contribution is 2.37. The van der Waals surface area contributed by atoms with Crippen LogP contribution < -0.4 is 10.9 Å². The van der Waals surface area contributed by atoms with Gasteiger partial charge in [-0.05, 0) is 34.2 Å². The average molecular weight is 272 g/mol. The first-order chi connectivity index (χ1) is 7.09. The molecule has 0 saturated heterocycles. The highest BCUT2D eigenvalue weighted by Gasteiger charge is 2.32. The Morgan fingerprint density at radius 1 is 1.73 bits per heavy atom. The van der Waals surface area contributed by atoms with Crippen LogP contribution in [0.2, 0.25) is 0 Å². The van der Waals surface area contributed by atoms with E-state index in [0.29, 0.717) is 4.47 Å². The van der Waals surface area contributed by atoms with Crippen LogP contribution in [0.5, 0.6) is 0 Å². The monoisotopic (exact) mass is 271 g/mol. The Labute approximate surface area is 96.8 Å². The highest BCUT2D eigenvalue weighted by molar-refractivity contribution is 9.10. The lowest BCUT2D eigenvalue weighted by atomic mass is 10.3. The SMILES string of the molecule is CC1CC1CNc1cnn(C)c(=O)c1Br. The van der Waals surface area contributed by atoms with Crippen molar-refractivity contribution in [2.75, 3.05) is 11.9 Å². The zero-order valence-electron chi connectivity index (χ0n) is 8.83. The Hall–Kier alpha value is -0.840. The molecule has 1 aliphatic carbocycles. The number of aryl methyl sites for hydroxylation is 1. The summed E-state index contributed by atoms with van der Waals surface area (Å²) in [5.74, 6) is 1.57. The summed E-state index contributed by atoms with van der Waals surface area (Å²) in [6, 6.07) is 0. The predicted octanol–water partition coefficient (Wildman–Crippen LogP) is 1.61. The number of hydrogen-bond acceptors (Lipinski definition) is 3. The average Bonchev–Trinajstić information content (AvgIpc) is 2.90. The third-order valence-electron chi connectivity index (χ3n) is 2.91. The summed E-state index contributed by atoms with van der Waals surface area (Å²) in [7, 11) is 1.64. The molecular weight excluding hydrogens is 258 g/mol. The second-order valence-corrected chi connectivity index (χ2v) is 4.95. The van der Waals surface area contributed by atoms with Crippen molar-refractivity contribution in [3.8, 4) is 0 Å². The maximum atomic E-state index is 11.5. The highest BCUT2D eigenvalue weighted by atomic mass is 79.9. The molecule has 15 heavy (non-hydrogen) atoms. The van der Waals surface area contributed by atoms with E-state index in [4.69, 9.17) is 0 Å². The Kier molecular flexibility index (Phi) is 2.82. The van der Waals surface area contributed by atoms with E-state index in [1.54, 1.807) is 13.2 Å². The fourth-order valence-corrected chi connectivity index (χ4v) is 2.06. The molecule has 5 heteroatoms. The van der Waals surface area contributed by atoms with E-state index < -0.39 is 0 Å². The Morgan fingerprint density at radius 3 is 3.00 bits per heavy atom. The molecule has 1 saturated carbocycles. The zero-order valence-corrected chi connectivity index (χ0v) is 10.4. The number of nitrogens with one attached hydrogen (secondary N) is 1. The molecule has 1 aromatic rings. The molecule has 0 aromatic carbocycles. The molecule has 2 atom stereocenters. The molecule has 1 aromatic heterocycles. The minimum absolute atomic E-state index is 0.108. The van der Waals surface area contributed by atoms with Gasteiger partial charge in [-0.3, -0.25) is 4.79 Å². The van der Waals surface area contributed by atoms with Gasteiger partial charge in [0.1, 0.15) is 4.47 Å². The molecule has 1 heterocycles. The van der Waals surface area contributed by atoms with E-state index in [2.05, 4.69) is 33.3 Å². The zero-order chi connectivity index (χ0) is 11.0. The molecule has 1 N–H and O–H groups in total. The van der Waals surface area contributed by atoms with Crippen molar-refractivity contribution in [2.45, 2.75) is 13.3 Å². The van der Waals surface area contributed by atoms with Crippen molar-refractivity contribution >= 4 is 21.6 Å². The lowest BCUT2D eigenvalue weighted by molar-refractivity contribution is 0.701. The number of aromatic nitrogens is 2. The van der Waals surface area contributed by atoms with Gasteiger partial charge in [-0.1, -0.05) is 6.92 Å². The normalized spacial score (nSPS) is 23.9. The second-order valence-electron chi connectivity index (χ2n) is 4.15. The summed E-state index contributed by atoms with van der Waals surface area (Å²) in [5.41, 5.74) is 0.682. The van der Waals surface area contributed by atoms with E-state index in [9.17, 15) is 4.79 Å². The van der Waals surface area contributed by atoms with Crippen LogP contribution in [0.1, 0.15) is 13.3 Å². The molecule has 0 bridgehead atoms. The fourth-order valence-electron chi connectivity index (χ4n) is 1.56. The number of rotatable bonds is 3. The van der Waals surface area contributed by atoms with E-state index >= 15 is 0 Å². The smallest absolute Gasteiger partial charge is 0.282 e. The number of halogens is 1. The van der Waals surface area contributed by atoms with Gasteiger partial charge in [0.15, 0.2) is 0 Å². The Bertz CT molecular complexity index is 429. The lowest BCUT2D eigenvalue weighted by Crippen LogP contribution is -2.21. The minimum atomic E-state index is -0.108. The molecule has 0 spiro atoms. The quantitative estimate of drug-likeness (QED) is 0.909. The molecule has 0 amide bonds. The summed E-state index contributed by atoms with van der Waals surface area (Å²) in [6.07, 6.45) is 2.96. The van der Waals surface area contributed by atoms with Crippen LogP contribution in [-0.2, 0) is 7.05 Å². The maximum Gasteiger partial charge on any atom is 0.282 e. The van der Waals surface area contributed by atoms with E-state index in [-0.39, 0.29) is 5.56 Å². The third kappa shape index (κ3) is 2.22. The molecule has 0 aliphatic heterocycles. The van der Waals surface area contributed by atoms with Gasteiger partial charge < -0.3 is 5.32 Å². The standard InChI is InChI=1S/C10H14BrN3O/c1-6-3-7(6)4-12-8-5-13-14(2)10(15)9(8)11/h5-7,12H,3-4H2,1-2H3. The van der Waals surface area contributed by atoms with Gasteiger partial charge in [0.2, 0.25) is 0 Å². The van der Waals surface area contributed by atoms with Crippen molar-refractivity contribution in [1.82, 2.24) is 9.78 Å². The first kappa shape index (κ1) is 10.7. The first-order valence-corrected chi connectivity index (χ1v) is 5.84. The number of hydrogen-bond donors (Lipinski definition) is 1. The molecule has 0 radical (unpaired) electrons. The van der Waals surface area contributed by atoms with Crippen LogP contribution in [0.3, 0.4) is 0 Å². The van der Waals surface area contributed by atoms with Crippen LogP contribution >= 0.6 is 15.9 Å². The van der Waals surface area contributed by atoms with Crippen molar-refractivity contribution in [1.29, 1.82) is 0 Å². The summed E-state index contributed by atoms with van der Waals surface area (Å²) < 4.78 is 1.88. The second kappa shape index (κ2) is 3.96. The van der Waals surface area contributed by atoms with Crippen LogP contribution in [0, 0.1) is 11.8 Å². The first-order valence-electron chi connectivity index (χ1n) is 5.05. The van der Waals surface area contributed by atoms with Crippen LogP contribution in [0.4, 0.5) is 5.69 Å². The molecule has 1 fully saturated rings. The predicted molar refractivity (Wildman–Crippen MR) is 62.9 cm³/mol. The number of nitrogens with zero attached hydrogens (tertiary/aromatic N) is 2. The van der Waals surface area contributed by atoms with Gasteiger partial charge in [-0.25, -0.2) is 4.68 Å². The largest absolute Gasteiger partial charge is 0.382 e. The van der Waals surface area contributed by atoms with Crippen LogP contribution in [0.25, 0.3) is 0 Å². The molecule has 4 nitrogen and oxygen atoms in total. The van der Waals surface area contributed by atoms with Crippen molar-refractivity contribution < 1.29 is 0 Å². The Morgan fingerprint density at radius 2 is 2.40 bits per heavy atom. The van der Waals surface area contributed by atoms with Crippen molar-refractivity contribution in [3.63, 3.8) is 0 Å². The van der Waals surface area contributed by atoms with Gasteiger partial charge in [0.25, 0.3) is 5.56 Å². The summed E-state index contributed by atoms with van der Waals surface area (Å²) in [5, 5.41) is 7.22. The van der Waals surface area contributed by atoms with Gasteiger partial charge in [0.05, 0.1) is 11.9 Å². The van der Waals surface area contributed by atoms with Gasteiger partial charge in [0, 0.05) is 13.6 Å². The van der Waals surface area contributed by atoms with Crippen molar-refractivity contribution in [3.05, 3.63) is 21.0 Å². The maximum absolute atomic E-state index is 11.5. The van der Waals surface area contributed by atoms with Crippen molar-refractivity contribution in [2.24, 2.45) is 18.9 Å². The van der Waals surface area contributed by atoms with Gasteiger partial charge in [-0.15, -0.1) is 0 Å². The van der Waals surface area contributed by atoms with E-state index in [1.807, 2.05) is 0 Å². The summed E-state index contributed by atoms with van der Waals surface area (Å²) >= 11 is 3.28. The van der Waals surface area contributed by atoms with Gasteiger partial charge in [-0.2, -0.15) is 5.10 Å². The van der Waals surface area contributed by atoms with Crippen LogP contribution in [-0.4, -0.2) is 16.3 Å². The molecule has 2 rings (SSSR count). The number of anilines is 1. The molecular formula is C10H14BrN3O. The topological polar surface area (TPSA) is 46.9 Å². The third-order valence-corrected chi connectivity index (χ3v) is 3.68. The fraction of sp³-hybridized carbons (Fsp3) is 0.600. The minimum Gasteiger partial charge on any atom is -0.382 e. The van der Waals surface area contributed by atoms with Crippen LogP contribution in [0.15, 0.2) is 15.5 Å². The summed E-state index contributed by atoms with van der Waals surface area (Å²) in [6.45, 7) is 3.16. The van der Waals surface area contributed by atoms with E-state index in [0.717, 1.165) is 24.1 Å². The molecule has 82 valence electrons. The Balaban J connectivity index is 2.08. The molecule has 1 aliphatic rings. The summed E-state index contributed by atoms with van der Waals surface area (Å²) in [4.78, 5) is 11.5. The lowest BCUT2D eigenvalue weighted by Gasteiger charge is -2.07. The van der Waals surface area contributed by atoms with Gasteiger partial charge >= 0.3 is 0 Å². The van der Waals surface area contributed by atoms with E-state index in [1.165, 1.54) is 11.1 Å². The molecule has 2 unspecified atom stereocenters.